The van der Waals surface area contributed by atoms with Crippen LogP contribution in [0.2, 0.25) is 0 Å². The molecule has 2 rings (SSSR count). The molecule has 6 nitrogen and oxygen atoms in total. The van der Waals surface area contributed by atoms with Gasteiger partial charge in [-0.25, -0.2) is 9.78 Å². The van der Waals surface area contributed by atoms with Crippen LogP contribution in [-0.2, 0) is 11.3 Å². The first-order valence-corrected chi connectivity index (χ1v) is 5.98. The lowest BCUT2D eigenvalue weighted by molar-refractivity contribution is 0.209. The lowest BCUT2D eigenvalue weighted by Gasteiger charge is -2.15. The van der Waals surface area contributed by atoms with Crippen molar-refractivity contribution in [1.29, 1.82) is 0 Å². The Hall–Kier alpha value is -1.92. The minimum absolute atomic E-state index is 0.340. The maximum absolute atomic E-state index is 10.7. The molecule has 0 saturated heterocycles. The van der Waals surface area contributed by atoms with Gasteiger partial charge in [-0.3, -0.25) is 5.32 Å². The summed E-state index contributed by atoms with van der Waals surface area (Å²) < 4.78 is 5.32. The van der Waals surface area contributed by atoms with Crippen LogP contribution in [0, 0.1) is 0 Å². The van der Waals surface area contributed by atoms with Crippen LogP contribution in [0.3, 0.4) is 0 Å². The maximum Gasteiger partial charge on any atom is 0.410 e. The summed E-state index contributed by atoms with van der Waals surface area (Å²) in [6, 6.07) is 3.55. The Labute approximate surface area is 111 Å². The average molecular weight is 263 g/mol. The first kappa shape index (κ1) is 13.5. The molecule has 0 fully saturated rings. The standard InChI is InChI=1S/C13H17N3O3/c1-16(2)7-11-10(9-5-6-19-8-9)3-4-12(14-11)15-13(17)18/h3-5H,6-8H2,1-2H3,(H,14,15)(H,17,18). The highest BCUT2D eigenvalue weighted by molar-refractivity contribution is 5.82. The third-order valence-corrected chi connectivity index (χ3v) is 2.73. The summed E-state index contributed by atoms with van der Waals surface area (Å²) in [4.78, 5) is 17.0. The molecule has 0 bridgehead atoms. The van der Waals surface area contributed by atoms with Crippen molar-refractivity contribution in [2.75, 3.05) is 32.6 Å². The van der Waals surface area contributed by atoms with Gasteiger partial charge in [0, 0.05) is 12.1 Å². The molecular weight excluding hydrogens is 246 g/mol. The fraction of sp³-hybridized carbons (Fsp3) is 0.385. The van der Waals surface area contributed by atoms with E-state index in [0.717, 1.165) is 16.8 Å². The summed E-state index contributed by atoms with van der Waals surface area (Å²) >= 11 is 0. The maximum atomic E-state index is 10.7. The average Bonchev–Trinajstić information content (AvgIpc) is 2.81. The normalized spacial score (nSPS) is 14.6. The molecule has 0 atom stereocenters. The molecular formula is C13H17N3O3. The lowest BCUT2D eigenvalue weighted by atomic mass is 10.0. The second-order valence-electron chi connectivity index (χ2n) is 4.60. The zero-order valence-electron chi connectivity index (χ0n) is 11.0. The predicted octanol–water partition coefficient (Wildman–Crippen LogP) is 1.65. The molecule has 0 saturated carbocycles. The van der Waals surface area contributed by atoms with E-state index in [1.54, 1.807) is 6.07 Å². The number of anilines is 1. The van der Waals surface area contributed by atoms with Crippen LogP contribution in [-0.4, -0.2) is 48.4 Å². The van der Waals surface area contributed by atoms with Gasteiger partial charge < -0.3 is 14.7 Å². The number of hydrogen-bond donors (Lipinski definition) is 2. The van der Waals surface area contributed by atoms with E-state index in [9.17, 15) is 4.79 Å². The zero-order chi connectivity index (χ0) is 13.8. The van der Waals surface area contributed by atoms with E-state index < -0.39 is 6.09 Å². The van der Waals surface area contributed by atoms with E-state index >= 15 is 0 Å². The summed E-state index contributed by atoms with van der Waals surface area (Å²) in [6.07, 6.45) is 0.917. The third kappa shape index (κ3) is 3.52. The molecule has 1 aliphatic rings. The summed E-state index contributed by atoms with van der Waals surface area (Å²) in [5.74, 6) is 0.340. The van der Waals surface area contributed by atoms with Gasteiger partial charge in [0.25, 0.3) is 0 Å². The van der Waals surface area contributed by atoms with Crippen molar-refractivity contribution in [1.82, 2.24) is 9.88 Å². The topological polar surface area (TPSA) is 74.7 Å². The van der Waals surface area contributed by atoms with E-state index in [4.69, 9.17) is 9.84 Å². The molecule has 0 aromatic carbocycles. The number of nitrogens with zero attached hydrogens (tertiary/aromatic N) is 2. The van der Waals surface area contributed by atoms with Crippen LogP contribution in [0.1, 0.15) is 11.3 Å². The molecule has 2 N–H and O–H groups in total. The van der Waals surface area contributed by atoms with E-state index in [0.29, 0.717) is 25.6 Å². The molecule has 1 aromatic rings. The van der Waals surface area contributed by atoms with Crippen LogP contribution in [0.5, 0.6) is 0 Å². The quantitative estimate of drug-likeness (QED) is 0.864. The number of carbonyl (C=O) groups is 1. The van der Waals surface area contributed by atoms with E-state index in [-0.39, 0.29) is 0 Å². The number of amides is 1. The number of hydrogen-bond acceptors (Lipinski definition) is 4. The smallest absolute Gasteiger partial charge is 0.410 e. The highest BCUT2D eigenvalue weighted by atomic mass is 16.5. The minimum atomic E-state index is -1.11. The molecule has 0 aliphatic carbocycles. The number of carboxylic acid groups (broad SMARTS) is 1. The van der Waals surface area contributed by atoms with Gasteiger partial charge in [-0.2, -0.15) is 0 Å². The zero-order valence-corrected chi connectivity index (χ0v) is 11.0. The fourth-order valence-corrected chi connectivity index (χ4v) is 1.97. The van der Waals surface area contributed by atoms with Gasteiger partial charge in [0.1, 0.15) is 5.82 Å². The number of nitrogens with one attached hydrogen (secondary N) is 1. The Kier molecular flexibility index (Phi) is 4.13. The van der Waals surface area contributed by atoms with Gasteiger partial charge in [0.15, 0.2) is 0 Å². The molecule has 0 radical (unpaired) electrons. The Morgan fingerprint density at radius 1 is 1.53 bits per heavy atom. The van der Waals surface area contributed by atoms with E-state index in [2.05, 4.69) is 10.3 Å². The van der Waals surface area contributed by atoms with Crippen molar-refractivity contribution in [2.45, 2.75) is 6.54 Å². The van der Waals surface area contributed by atoms with Gasteiger partial charge in [-0.05, 0) is 31.8 Å². The highest BCUT2D eigenvalue weighted by Crippen LogP contribution is 2.24. The molecule has 19 heavy (non-hydrogen) atoms. The van der Waals surface area contributed by atoms with Crippen LogP contribution in [0.4, 0.5) is 10.6 Å². The van der Waals surface area contributed by atoms with Crippen molar-refractivity contribution in [3.63, 3.8) is 0 Å². The number of aromatic nitrogens is 1. The molecule has 1 aromatic heterocycles. The van der Waals surface area contributed by atoms with Crippen LogP contribution < -0.4 is 5.32 Å². The number of rotatable bonds is 4. The Morgan fingerprint density at radius 3 is 2.89 bits per heavy atom. The Bertz CT molecular complexity index is 512. The first-order chi connectivity index (χ1) is 9.06. The monoisotopic (exact) mass is 263 g/mol. The summed E-state index contributed by atoms with van der Waals surface area (Å²) in [6.45, 7) is 1.83. The molecule has 1 aliphatic heterocycles. The molecule has 2 heterocycles. The largest absolute Gasteiger partial charge is 0.465 e. The van der Waals surface area contributed by atoms with Gasteiger partial charge >= 0.3 is 6.09 Å². The van der Waals surface area contributed by atoms with E-state index in [1.807, 2.05) is 31.1 Å². The van der Waals surface area contributed by atoms with Crippen molar-refractivity contribution in [2.24, 2.45) is 0 Å². The number of ether oxygens (including phenoxy) is 1. The molecule has 0 unspecified atom stereocenters. The second-order valence-corrected chi connectivity index (χ2v) is 4.60. The fourth-order valence-electron chi connectivity index (χ4n) is 1.97. The Morgan fingerprint density at radius 2 is 2.32 bits per heavy atom. The van der Waals surface area contributed by atoms with E-state index in [1.165, 1.54) is 0 Å². The van der Waals surface area contributed by atoms with Crippen molar-refractivity contribution < 1.29 is 14.6 Å². The SMILES string of the molecule is CN(C)Cc1nc(NC(=O)O)ccc1C1=CCOC1. The van der Waals surface area contributed by atoms with Gasteiger partial charge in [0.2, 0.25) is 0 Å². The minimum Gasteiger partial charge on any atom is -0.465 e. The highest BCUT2D eigenvalue weighted by Gasteiger charge is 2.14. The Balaban J connectivity index is 2.33. The summed E-state index contributed by atoms with van der Waals surface area (Å²) in [5.41, 5.74) is 2.96. The van der Waals surface area contributed by atoms with Crippen LogP contribution in [0.15, 0.2) is 18.2 Å². The second kappa shape index (κ2) is 5.81. The van der Waals surface area contributed by atoms with Gasteiger partial charge in [0.05, 0.1) is 18.9 Å². The summed E-state index contributed by atoms with van der Waals surface area (Å²) in [7, 11) is 3.89. The van der Waals surface area contributed by atoms with Gasteiger partial charge in [-0.1, -0.05) is 6.08 Å². The van der Waals surface area contributed by atoms with Crippen LogP contribution in [0.25, 0.3) is 5.57 Å². The molecule has 6 heteroatoms. The summed E-state index contributed by atoms with van der Waals surface area (Å²) in [5, 5.41) is 11.0. The van der Waals surface area contributed by atoms with Gasteiger partial charge in [-0.15, -0.1) is 0 Å². The predicted molar refractivity (Wildman–Crippen MR) is 72.1 cm³/mol. The third-order valence-electron chi connectivity index (χ3n) is 2.73. The first-order valence-electron chi connectivity index (χ1n) is 5.98. The lowest BCUT2D eigenvalue weighted by Crippen LogP contribution is -2.16. The molecule has 0 spiro atoms. The van der Waals surface area contributed by atoms with Crippen molar-refractivity contribution >= 4 is 17.5 Å². The molecule has 102 valence electrons. The van der Waals surface area contributed by atoms with Crippen molar-refractivity contribution in [3.8, 4) is 0 Å². The van der Waals surface area contributed by atoms with Crippen molar-refractivity contribution in [3.05, 3.63) is 29.5 Å². The van der Waals surface area contributed by atoms with Crippen LogP contribution >= 0.6 is 0 Å². The molecule has 1 amide bonds. The number of pyridine rings is 1.